The van der Waals surface area contributed by atoms with Gasteiger partial charge in [0.05, 0.1) is 19.3 Å². The zero-order valence-corrected chi connectivity index (χ0v) is 17.7. The molecule has 0 bridgehead atoms. The van der Waals surface area contributed by atoms with Gasteiger partial charge in [0.15, 0.2) is 5.69 Å². The lowest BCUT2D eigenvalue weighted by Gasteiger charge is -2.23. The number of aromatic nitrogens is 2. The Morgan fingerprint density at radius 3 is 2.45 bits per heavy atom. The number of anilines is 2. The standard InChI is InChI=1S/C21H26N4O6/c1-4-11-25-18(22)17(19(27)23-21(25)29)24(12-13-30-2)16(26)10-7-14-5-8-15(9-6-14)20(28)31-3/h5-10H,4,11-13,22H2,1-3H3,(H,23,27,29). The number of nitrogens with two attached hydrogens (primary N) is 1. The number of methoxy groups -OCH3 is 2. The minimum atomic E-state index is -0.755. The highest BCUT2D eigenvalue weighted by Gasteiger charge is 2.22. The van der Waals surface area contributed by atoms with Gasteiger partial charge in [-0.1, -0.05) is 19.1 Å². The smallest absolute Gasteiger partial charge is 0.337 e. The highest BCUT2D eigenvalue weighted by Crippen LogP contribution is 2.18. The Labute approximate surface area is 178 Å². The third kappa shape index (κ3) is 5.70. The van der Waals surface area contributed by atoms with Crippen molar-refractivity contribution in [2.75, 3.05) is 38.0 Å². The first kappa shape index (κ1) is 23.6. The van der Waals surface area contributed by atoms with Crippen molar-refractivity contribution in [2.45, 2.75) is 19.9 Å². The Morgan fingerprint density at radius 2 is 1.87 bits per heavy atom. The predicted molar refractivity (Wildman–Crippen MR) is 117 cm³/mol. The minimum absolute atomic E-state index is 0.0541. The summed E-state index contributed by atoms with van der Waals surface area (Å²) < 4.78 is 10.9. The molecular weight excluding hydrogens is 404 g/mol. The minimum Gasteiger partial charge on any atom is -0.465 e. The predicted octanol–water partition coefficient (Wildman–Crippen LogP) is 1.01. The number of amides is 1. The van der Waals surface area contributed by atoms with Crippen molar-refractivity contribution >= 4 is 29.5 Å². The summed E-state index contributed by atoms with van der Waals surface area (Å²) in [5.74, 6) is -1.07. The van der Waals surface area contributed by atoms with E-state index in [1.165, 1.54) is 35.8 Å². The number of H-pyrrole nitrogens is 1. The van der Waals surface area contributed by atoms with E-state index in [0.29, 0.717) is 24.1 Å². The van der Waals surface area contributed by atoms with Gasteiger partial charge in [0, 0.05) is 26.3 Å². The lowest BCUT2D eigenvalue weighted by molar-refractivity contribution is -0.114. The molecule has 0 fully saturated rings. The molecule has 2 rings (SSSR count). The third-order valence-corrected chi connectivity index (χ3v) is 4.47. The topological polar surface area (TPSA) is 137 Å². The van der Waals surface area contributed by atoms with Crippen molar-refractivity contribution in [3.05, 3.63) is 62.3 Å². The molecule has 0 aliphatic heterocycles. The molecule has 0 aliphatic carbocycles. The molecule has 0 unspecified atom stereocenters. The summed E-state index contributed by atoms with van der Waals surface area (Å²) in [6, 6.07) is 6.44. The highest BCUT2D eigenvalue weighted by molar-refractivity contribution is 6.05. The van der Waals surface area contributed by atoms with E-state index >= 15 is 0 Å². The van der Waals surface area contributed by atoms with Crippen LogP contribution < -0.4 is 21.9 Å². The summed E-state index contributed by atoms with van der Waals surface area (Å²) in [5.41, 5.74) is 5.63. The van der Waals surface area contributed by atoms with Crippen LogP contribution in [0.5, 0.6) is 0 Å². The first-order valence-electron chi connectivity index (χ1n) is 9.63. The van der Waals surface area contributed by atoms with Crippen LogP contribution in [0.4, 0.5) is 11.5 Å². The molecule has 166 valence electrons. The lowest BCUT2D eigenvalue weighted by Crippen LogP contribution is -2.42. The molecule has 31 heavy (non-hydrogen) atoms. The zero-order valence-electron chi connectivity index (χ0n) is 17.7. The van der Waals surface area contributed by atoms with E-state index in [1.54, 1.807) is 24.3 Å². The van der Waals surface area contributed by atoms with Crippen LogP contribution in [0.3, 0.4) is 0 Å². The maximum atomic E-state index is 12.9. The maximum absolute atomic E-state index is 12.9. The number of aromatic amines is 1. The van der Waals surface area contributed by atoms with Crippen LogP contribution in [-0.2, 0) is 20.8 Å². The second-order valence-corrected chi connectivity index (χ2v) is 6.57. The first-order chi connectivity index (χ1) is 14.8. The van der Waals surface area contributed by atoms with Crippen molar-refractivity contribution < 1.29 is 19.1 Å². The van der Waals surface area contributed by atoms with Crippen LogP contribution in [0.15, 0.2) is 39.9 Å². The molecule has 3 N–H and O–H groups in total. The van der Waals surface area contributed by atoms with Gasteiger partial charge in [-0.2, -0.15) is 0 Å². The van der Waals surface area contributed by atoms with E-state index in [1.807, 2.05) is 6.92 Å². The van der Waals surface area contributed by atoms with E-state index in [2.05, 4.69) is 9.72 Å². The molecule has 0 saturated carbocycles. The quantitative estimate of drug-likeness (QED) is 0.447. The number of esters is 1. The van der Waals surface area contributed by atoms with Crippen molar-refractivity contribution in [3.63, 3.8) is 0 Å². The number of rotatable bonds is 9. The van der Waals surface area contributed by atoms with Crippen LogP contribution in [0, 0.1) is 0 Å². The molecule has 1 aromatic heterocycles. The molecule has 0 spiro atoms. The SMILES string of the molecule is CCCn1c(N)c(N(CCOC)C(=O)C=Cc2ccc(C(=O)OC)cc2)c(=O)[nH]c1=O. The number of nitrogens with one attached hydrogen (secondary N) is 1. The number of carbonyl (C=O) groups is 2. The van der Waals surface area contributed by atoms with Gasteiger partial charge in [-0.05, 0) is 30.2 Å². The molecule has 10 heteroatoms. The average molecular weight is 430 g/mol. The van der Waals surface area contributed by atoms with Crippen molar-refractivity contribution in [2.24, 2.45) is 0 Å². The summed E-state index contributed by atoms with van der Waals surface area (Å²) in [6.07, 6.45) is 3.43. The number of ether oxygens (including phenoxy) is 2. The Kier molecular flexibility index (Phi) is 8.33. The third-order valence-electron chi connectivity index (χ3n) is 4.47. The van der Waals surface area contributed by atoms with Crippen LogP contribution in [0.25, 0.3) is 6.08 Å². The zero-order chi connectivity index (χ0) is 23.0. The van der Waals surface area contributed by atoms with Gasteiger partial charge >= 0.3 is 11.7 Å². The number of carbonyl (C=O) groups excluding carboxylic acids is 2. The second-order valence-electron chi connectivity index (χ2n) is 6.57. The van der Waals surface area contributed by atoms with Gasteiger partial charge in [0.25, 0.3) is 11.5 Å². The fourth-order valence-corrected chi connectivity index (χ4v) is 2.90. The van der Waals surface area contributed by atoms with Gasteiger partial charge in [-0.3, -0.25) is 24.0 Å². The van der Waals surface area contributed by atoms with Crippen molar-refractivity contribution in [1.29, 1.82) is 0 Å². The molecule has 0 aliphatic rings. The number of benzene rings is 1. The second kappa shape index (κ2) is 10.9. The summed E-state index contributed by atoms with van der Waals surface area (Å²) >= 11 is 0. The Balaban J connectivity index is 2.38. The molecule has 1 amide bonds. The Bertz CT molecular complexity index is 1070. The molecular formula is C21H26N4O6. The summed E-state index contributed by atoms with van der Waals surface area (Å²) in [5, 5.41) is 0. The molecule has 2 aromatic rings. The normalized spacial score (nSPS) is 10.9. The monoisotopic (exact) mass is 430 g/mol. The Morgan fingerprint density at radius 1 is 1.19 bits per heavy atom. The largest absolute Gasteiger partial charge is 0.465 e. The van der Waals surface area contributed by atoms with Crippen molar-refractivity contribution in [1.82, 2.24) is 9.55 Å². The number of nitrogens with zero attached hydrogens (tertiary/aromatic N) is 2. The van der Waals surface area contributed by atoms with Crippen LogP contribution in [-0.4, -0.2) is 48.8 Å². The summed E-state index contributed by atoms with van der Waals surface area (Å²) in [7, 11) is 2.76. The number of hydrogen-bond donors (Lipinski definition) is 2. The van der Waals surface area contributed by atoms with E-state index < -0.39 is 23.1 Å². The van der Waals surface area contributed by atoms with Gasteiger partial charge in [-0.15, -0.1) is 0 Å². The number of nitrogen functional groups attached to an aromatic ring is 1. The van der Waals surface area contributed by atoms with Gasteiger partial charge in [0.2, 0.25) is 0 Å². The van der Waals surface area contributed by atoms with E-state index in [9.17, 15) is 19.2 Å². The molecule has 1 heterocycles. The van der Waals surface area contributed by atoms with E-state index in [0.717, 1.165) is 0 Å². The lowest BCUT2D eigenvalue weighted by atomic mass is 10.1. The van der Waals surface area contributed by atoms with E-state index in [4.69, 9.17) is 10.5 Å². The average Bonchev–Trinajstić information content (AvgIpc) is 2.76. The molecule has 10 nitrogen and oxygen atoms in total. The molecule has 0 saturated heterocycles. The van der Waals surface area contributed by atoms with Crippen molar-refractivity contribution in [3.8, 4) is 0 Å². The van der Waals surface area contributed by atoms with E-state index in [-0.39, 0.29) is 24.7 Å². The molecule has 0 atom stereocenters. The fraction of sp³-hybridized carbons (Fsp3) is 0.333. The first-order valence-corrected chi connectivity index (χ1v) is 9.63. The Hall–Kier alpha value is -3.66. The van der Waals surface area contributed by atoms with Gasteiger partial charge < -0.3 is 15.2 Å². The molecule has 0 radical (unpaired) electrons. The number of hydrogen-bond acceptors (Lipinski definition) is 7. The fourth-order valence-electron chi connectivity index (χ4n) is 2.90. The highest BCUT2D eigenvalue weighted by atomic mass is 16.5. The maximum Gasteiger partial charge on any atom is 0.337 e. The van der Waals surface area contributed by atoms with Gasteiger partial charge in [0.1, 0.15) is 5.82 Å². The van der Waals surface area contributed by atoms with Crippen LogP contribution >= 0.6 is 0 Å². The summed E-state index contributed by atoms with van der Waals surface area (Å²) in [4.78, 5) is 52.4. The molecule has 1 aromatic carbocycles. The summed E-state index contributed by atoms with van der Waals surface area (Å²) in [6.45, 7) is 2.36. The van der Waals surface area contributed by atoms with Crippen LogP contribution in [0.2, 0.25) is 0 Å². The van der Waals surface area contributed by atoms with Gasteiger partial charge in [-0.25, -0.2) is 9.59 Å². The van der Waals surface area contributed by atoms with Crippen LogP contribution in [0.1, 0.15) is 29.3 Å².